The van der Waals surface area contributed by atoms with Gasteiger partial charge in [-0.1, -0.05) is 89.9 Å². The van der Waals surface area contributed by atoms with E-state index in [2.05, 4.69) is 31.9 Å². The first kappa shape index (κ1) is 74.0. The zero-order chi connectivity index (χ0) is 56.7. The van der Waals surface area contributed by atoms with E-state index in [4.69, 9.17) is 52.5 Å². The molecule has 0 atom stereocenters. The Morgan fingerprint density at radius 3 is 0.897 bits per heavy atom. The molecule has 0 bridgehead atoms. The Labute approximate surface area is 464 Å². The van der Waals surface area contributed by atoms with Crippen molar-refractivity contribution in [3.05, 3.63) is 0 Å². The first-order valence-corrected chi connectivity index (χ1v) is 28.7. The number of aldehydes is 1. The Morgan fingerprint density at radius 1 is 0.282 bits per heavy atom. The smallest absolute Gasteiger partial charge is 0.303 e. The maximum Gasteiger partial charge on any atom is 0.303 e. The van der Waals surface area contributed by atoms with Gasteiger partial charge in [0.15, 0.2) is 0 Å². The number of carboxylic acids is 1. The first-order chi connectivity index (χ1) is 38.2. The highest BCUT2D eigenvalue weighted by molar-refractivity contribution is 5.78. The number of carbonyl (C=O) groups is 7. The fourth-order valence-electron chi connectivity index (χ4n) is 7.14. The molecule has 0 radical (unpaired) electrons. The van der Waals surface area contributed by atoms with Crippen molar-refractivity contribution in [3.8, 4) is 0 Å². The van der Waals surface area contributed by atoms with Gasteiger partial charge in [0, 0.05) is 65.1 Å². The third-order valence-corrected chi connectivity index (χ3v) is 11.3. The third kappa shape index (κ3) is 62.9. The number of ether oxygens (including phenoxy) is 10. The number of unbranched alkanes of at least 4 members (excludes halogenated alkanes) is 15. The van der Waals surface area contributed by atoms with Crippen molar-refractivity contribution < 1.29 is 86.0 Å². The molecular formula is C54H102N6O18. The monoisotopic (exact) mass is 1120 g/mol. The van der Waals surface area contributed by atoms with E-state index in [9.17, 15) is 33.6 Å². The fourth-order valence-corrected chi connectivity index (χ4v) is 7.14. The lowest BCUT2D eigenvalue weighted by molar-refractivity contribution is -0.137. The van der Waals surface area contributed by atoms with Crippen LogP contribution in [0.25, 0.3) is 0 Å². The molecule has 0 aromatic rings. The second-order valence-electron chi connectivity index (χ2n) is 18.2. The molecule has 0 saturated carbocycles. The second kappa shape index (κ2) is 62.3. The largest absolute Gasteiger partial charge is 0.481 e. The number of aliphatic carboxylic acids is 1. The minimum atomic E-state index is -0.689. The van der Waals surface area contributed by atoms with E-state index in [1.165, 1.54) is 70.6 Å². The van der Waals surface area contributed by atoms with Crippen LogP contribution in [0.2, 0.25) is 0 Å². The highest BCUT2D eigenvalue weighted by Gasteiger charge is 2.07. The Bertz CT molecular complexity index is 1420. The van der Waals surface area contributed by atoms with Gasteiger partial charge in [0.25, 0.3) is 0 Å². The van der Waals surface area contributed by atoms with Gasteiger partial charge in [-0.25, -0.2) is 0 Å². The van der Waals surface area contributed by atoms with Crippen molar-refractivity contribution in [3.63, 3.8) is 0 Å². The van der Waals surface area contributed by atoms with Gasteiger partial charge in [0.1, 0.15) is 32.7 Å². The van der Waals surface area contributed by atoms with Crippen LogP contribution >= 0.6 is 0 Å². The van der Waals surface area contributed by atoms with Gasteiger partial charge >= 0.3 is 5.97 Å². The van der Waals surface area contributed by atoms with Crippen LogP contribution in [0.1, 0.15) is 128 Å². The predicted octanol–water partition coefficient (Wildman–Crippen LogP) is 2.41. The molecule has 0 heterocycles. The molecule has 0 aliphatic carbocycles. The quantitative estimate of drug-likeness (QED) is 0.0340. The SMILES string of the molecule is O=CCOCCOCCNC(=O)COCCOCCNC(=O)COCCOCCNC(=O)COCCOCCNCCOCCOCCNC(=O)CCCNC(=O)CCCCCCCCCCCCCCCCCCC(=O)O. The average Bonchev–Trinajstić information content (AvgIpc) is 3.42. The molecule has 78 heavy (non-hydrogen) atoms. The Kier molecular flexibility index (Phi) is 59.1. The summed E-state index contributed by atoms with van der Waals surface area (Å²) >= 11 is 0. The molecule has 0 saturated heterocycles. The van der Waals surface area contributed by atoms with E-state index >= 15 is 0 Å². The van der Waals surface area contributed by atoms with Crippen molar-refractivity contribution >= 4 is 41.8 Å². The highest BCUT2D eigenvalue weighted by atomic mass is 16.5. The van der Waals surface area contributed by atoms with Crippen LogP contribution in [0.5, 0.6) is 0 Å². The topological polar surface area (TPSA) is 304 Å². The summed E-state index contributed by atoms with van der Waals surface area (Å²) in [6.07, 6.45) is 21.4. The second-order valence-corrected chi connectivity index (χ2v) is 18.2. The summed E-state index contributed by atoms with van der Waals surface area (Å²) in [6, 6.07) is 0. The Morgan fingerprint density at radius 2 is 0.551 bits per heavy atom. The van der Waals surface area contributed by atoms with Gasteiger partial charge < -0.3 is 89.2 Å². The molecular weight excluding hydrogens is 1020 g/mol. The van der Waals surface area contributed by atoms with Crippen molar-refractivity contribution in [1.29, 1.82) is 0 Å². The molecule has 24 heteroatoms. The standard InChI is InChI=1S/C54H102N6O18/c61-28-35-75-39-38-72-32-25-58-52(65)47-77-44-41-74-34-27-60-53(66)48-78-45-42-73-33-26-59-51(64)46-76-43-40-70-30-23-55-22-29-69-36-37-71-31-24-57-50(63)19-17-21-56-49(62)18-15-13-11-9-7-5-3-1-2-4-6-8-10-12-14-16-20-54(67)68/h28,55H,1-27,29-48H2,(H,56,62)(H,57,63)(H,58,65)(H,59,64)(H,60,66)(H,67,68). The maximum atomic E-state index is 12.1. The van der Waals surface area contributed by atoms with E-state index in [0.29, 0.717) is 137 Å². The molecule has 0 aliphatic rings. The number of hydrogen-bond donors (Lipinski definition) is 7. The summed E-state index contributed by atoms with van der Waals surface area (Å²) < 4.78 is 53.4. The molecule has 24 nitrogen and oxygen atoms in total. The normalized spacial score (nSPS) is 11.1. The Hall–Kier alpha value is -3.95. The van der Waals surface area contributed by atoms with Gasteiger partial charge in [0.05, 0.1) is 106 Å². The summed E-state index contributed by atoms with van der Waals surface area (Å²) in [6.45, 7) is 8.18. The summed E-state index contributed by atoms with van der Waals surface area (Å²) in [5.41, 5.74) is 0. The molecule has 7 N–H and O–H groups in total. The highest BCUT2D eigenvalue weighted by Crippen LogP contribution is 2.14. The molecule has 0 spiro atoms. The zero-order valence-electron chi connectivity index (χ0n) is 47.2. The maximum absolute atomic E-state index is 12.1. The van der Waals surface area contributed by atoms with E-state index in [1.807, 2.05) is 0 Å². The van der Waals surface area contributed by atoms with E-state index in [1.54, 1.807) is 0 Å². The minimum Gasteiger partial charge on any atom is -0.481 e. The van der Waals surface area contributed by atoms with Gasteiger partial charge in [0.2, 0.25) is 29.5 Å². The van der Waals surface area contributed by atoms with Crippen LogP contribution in [0.4, 0.5) is 0 Å². The van der Waals surface area contributed by atoms with Crippen LogP contribution in [0.15, 0.2) is 0 Å². The lowest BCUT2D eigenvalue weighted by atomic mass is 10.0. The molecule has 0 aromatic carbocycles. The zero-order valence-corrected chi connectivity index (χ0v) is 47.2. The van der Waals surface area contributed by atoms with Crippen LogP contribution in [0, 0.1) is 0 Å². The summed E-state index contributed by atoms with van der Waals surface area (Å²) in [4.78, 5) is 80.4. The van der Waals surface area contributed by atoms with E-state index in [-0.39, 0.29) is 102 Å². The van der Waals surface area contributed by atoms with Gasteiger partial charge in [-0.3, -0.25) is 28.8 Å². The number of hydrogen-bond acceptors (Lipinski definition) is 18. The van der Waals surface area contributed by atoms with E-state index in [0.717, 1.165) is 32.1 Å². The predicted molar refractivity (Wildman–Crippen MR) is 292 cm³/mol. The number of amides is 5. The number of rotatable bonds is 64. The van der Waals surface area contributed by atoms with E-state index < -0.39 is 5.97 Å². The third-order valence-electron chi connectivity index (χ3n) is 11.3. The van der Waals surface area contributed by atoms with Crippen molar-refractivity contribution in [2.45, 2.75) is 128 Å². The van der Waals surface area contributed by atoms with Crippen molar-refractivity contribution in [2.75, 3.05) is 178 Å². The van der Waals surface area contributed by atoms with Gasteiger partial charge in [-0.2, -0.15) is 0 Å². The van der Waals surface area contributed by atoms with Gasteiger partial charge in [-0.15, -0.1) is 0 Å². The molecule has 0 aromatic heterocycles. The lowest BCUT2D eigenvalue weighted by Crippen LogP contribution is -2.32. The average molecular weight is 1120 g/mol. The molecule has 5 amide bonds. The fraction of sp³-hybridized carbons (Fsp3) is 0.870. The minimum absolute atomic E-state index is 0.0322. The van der Waals surface area contributed by atoms with Crippen molar-refractivity contribution in [2.24, 2.45) is 0 Å². The van der Waals surface area contributed by atoms with Crippen LogP contribution in [0.3, 0.4) is 0 Å². The lowest BCUT2D eigenvalue weighted by Gasteiger charge is -2.09. The number of carboxylic acid groups (broad SMARTS) is 1. The molecule has 456 valence electrons. The van der Waals surface area contributed by atoms with Crippen LogP contribution < -0.4 is 31.9 Å². The van der Waals surface area contributed by atoms with Gasteiger partial charge in [-0.05, 0) is 19.3 Å². The molecule has 0 aliphatic heterocycles. The molecule has 0 unspecified atom stereocenters. The number of carbonyl (C=O) groups excluding carboxylic acids is 6. The summed E-state index contributed by atoms with van der Waals surface area (Å²) in [7, 11) is 0. The molecule has 0 rings (SSSR count). The van der Waals surface area contributed by atoms with Crippen LogP contribution in [-0.2, 0) is 80.9 Å². The summed E-state index contributed by atoms with van der Waals surface area (Å²) in [5, 5.41) is 25.7. The Balaban J connectivity index is 3.33. The summed E-state index contributed by atoms with van der Waals surface area (Å²) in [5.74, 6) is -1.54. The van der Waals surface area contributed by atoms with Crippen molar-refractivity contribution in [1.82, 2.24) is 31.9 Å². The first-order valence-electron chi connectivity index (χ1n) is 28.7. The number of nitrogens with one attached hydrogen (secondary N) is 6. The molecule has 0 fully saturated rings. The van der Waals surface area contributed by atoms with Crippen LogP contribution in [-0.4, -0.2) is 225 Å².